The second-order valence-corrected chi connectivity index (χ2v) is 6.61. The standard InChI is InChI=1S/C22H24N2O5/c1-13-6-8-19(26-4)18(10-13)23-22(25)16-7-9-20(21(11-16)27-5)28-12-17-14(2)24-29-15(17)3/h6-11H,12H2,1-5H3,(H,23,25). The highest BCUT2D eigenvalue weighted by molar-refractivity contribution is 6.05. The number of hydrogen-bond donors (Lipinski definition) is 1. The van der Waals surface area contributed by atoms with Crippen LogP contribution in [-0.2, 0) is 6.61 Å². The molecule has 0 saturated carbocycles. The van der Waals surface area contributed by atoms with Crippen molar-refractivity contribution < 1.29 is 23.5 Å². The van der Waals surface area contributed by atoms with Gasteiger partial charge in [0.25, 0.3) is 5.91 Å². The Bertz CT molecular complexity index is 1010. The second-order valence-electron chi connectivity index (χ2n) is 6.61. The summed E-state index contributed by atoms with van der Waals surface area (Å²) >= 11 is 0. The van der Waals surface area contributed by atoms with E-state index in [1.54, 1.807) is 25.3 Å². The van der Waals surface area contributed by atoms with Crippen LogP contribution >= 0.6 is 0 Å². The number of methoxy groups -OCH3 is 2. The zero-order valence-corrected chi connectivity index (χ0v) is 17.2. The van der Waals surface area contributed by atoms with Gasteiger partial charge in [0.15, 0.2) is 11.5 Å². The van der Waals surface area contributed by atoms with Gasteiger partial charge in [0.2, 0.25) is 0 Å². The normalized spacial score (nSPS) is 10.5. The molecule has 7 nitrogen and oxygen atoms in total. The van der Waals surface area contributed by atoms with E-state index in [0.717, 1.165) is 16.8 Å². The Morgan fingerprint density at radius 3 is 2.38 bits per heavy atom. The third-order valence-electron chi connectivity index (χ3n) is 4.58. The maximum atomic E-state index is 12.7. The van der Waals surface area contributed by atoms with Crippen LogP contribution in [0.5, 0.6) is 17.2 Å². The predicted molar refractivity (Wildman–Crippen MR) is 109 cm³/mol. The van der Waals surface area contributed by atoms with E-state index in [9.17, 15) is 4.79 Å². The number of rotatable bonds is 7. The summed E-state index contributed by atoms with van der Waals surface area (Å²) in [5.74, 6) is 2.02. The Labute approximate surface area is 169 Å². The molecule has 3 aromatic rings. The van der Waals surface area contributed by atoms with Crippen molar-refractivity contribution in [3.8, 4) is 17.2 Å². The van der Waals surface area contributed by atoms with Gasteiger partial charge in [-0.3, -0.25) is 4.79 Å². The van der Waals surface area contributed by atoms with E-state index in [1.807, 2.05) is 39.0 Å². The first kappa shape index (κ1) is 20.3. The largest absolute Gasteiger partial charge is 0.495 e. The maximum absolute atomic E-state index is 12.7. The lowest BCUT2D eigenvalue weighted by Gasteiger charge is -2.14. The second kappa shape index (κ2) is 8.68. The van der Waals surface area contributed by atoms with E-state index in [0.29, 0.717) is 40.9 Å². The highest BCUT2D eigenvalue weighted by atomic mass is 16.5. The number of amides is 1. The van der Waals surface area contributed by atoms with Crippen LogP contribution in [0, 0.1) is 20.8 Å². The molecule has 0 atom stereocenters. The molecule has 0 aliphatic carbocycles. The van der Waals surface area contributed by atoms with E-state index in [2.05, 4.69) is 10.5 Å². The summed E-state index contributed by atoms with van der Waals surface area (Å²) in [6, 6.07) is 10.6. The topological polar surface area (TPSA) is 82.8 Å². The van der Waals surface area contributed by atoms with Crippen LogP contribution in [-0.4, -0.2) is 25.3 Å². The number of benzene rings is 2. The molecule has 0 bridgehead atoms. The minimum Gasteiger partial charge on any atom is -0.495 e. The van der Waals surface area contributed by atoms with Crippen molar-refractivity contribution in [3.05, 3.63) is 64.5 Å². The summed E-state index contributed by atoms with van der Waals surface area (Å²) in [5.41, 5.74) is 3.73. The van der Waals surface area contributed by atoms with Crippen LogP contribution in [0.1, 0.15) is 32.9 Å². The minimum atomic E-state index is -0.274. The van der Waals surface area contributed by atoms with Gasteiger partial charge in [-0.15, -0.1) is 0 Å². The number of aryl methyl sites for hydroxylation is 3. The average Bonchev–Trinajstić information content (AvgIpc) is 3.04. The van der Waals surface area contributed by atoms with E-state index in [-0.39, 0.29) is 5.91 Å². The third-order valence-corrected chi connectivity index (χ3v) is 4.58. The van der Waals surface area contributed by atoms with Crippen LogP contribution in [0.25, 0.3) is 0 Å². The first-order chi connectivity index (χ1) is 13.9. The molecule has 7 heteroatoms. The van der Waals surface area contributed by atoms with Crippen molar-refractivity contribution in [2.24, 2.45) is 0 Å². The van der Waals surface area contributed by atoms with Crippen molar-refractivity contribution in [2.45, 2.75) is 27.4 Å². The van der Waals surface area contributed by atoms with Gasteiger partial charge in [-0.1, -0.05) is 11.2 Å². The van der Waals surface area contributed by atoms with Crippen molar-refractivity contribution >= 4 is 11.6 Å². The molecule has 0 aliphatic rings. The van der Waals surface area contributed by atoms with E-state index >= 15 is 0 Å². The molecule has 1 aromatic heterocycles. The van der Waals surface area contributed by atoms with Gasteiger partial charge < -0.3 is 24.1 Å². The first-order valence-corrected chi connectivity index (χ1v) is 9.11. The quantitative estimate of drug-likeness (QED) is 0.635. The molecule has 1 N–H and O–H groups in total. The molecule has 152 valence electrons. The van der Waals surface area contributed by atoms with Crippen LogP contribution < -0.4 is 19.5 Å². The fourth-order valence-electron chi connectivity index (χ4n) is 2.90. The van der Waals surface area contributed by atoms with Crippen LogP contribution in [0.3, 0.4) is 0 Å². The zero-order valence-electron chi connectivity index (χ0n) is 17.2. The number of nitrogens with zero attached hydrogens (tertiary/aromatic N) is 1. The molecule has 2 aromatic carbocycles. The van der Waals surface area contributed by atoms with Gasteiger partial charge in [-0.25, -0.2) is 0 Å². The monoisotopic (exact) mass is 396 g/mol. The van der Waals surface area contributed by atoms with Crippen molar-refractivity contribution in [3.63, 3.8) is 0 Å². The fourth-order valence-corrected chi connectivity index (χ4v) is 2.90. The minimum absolute atomic E-state index is 0.274. The number of aromatic nitrogens is 1. The zero-order chi connectivity index (χ0) is 21.0. The third kappa shape index (κ3) is 4.51. The molecule has 0 radical (unpaired) electrons. The molecule has 0 saturated heterocycles. The molecule has 0 unspecified atom stereocenters. The Morgan fingerprint density at radius 2 is 1.72 bits per heavy atom. The summed E-state index contributed by atoms with van der Waals surface area (Å²) in [4.78, 5) is 12.7. The van der Waals surface area contributed by atoms with E-state index in [4.69, 9.17) is 18.7 Å². The van der Waals surface area contributed by atoms with Crippen molar-refractivity contribution in [2.75, 3.05) is 19.5 Å². The Hall–Kier alpha value is -3.48. The molecule has 3 rings (SSSR count). The molecule has 1 amide bonds. The number of nitrogens with one attached hydrogen (secondary N) is 1. The van der Waals surface area contributed by atoms with Crippen LogP contribution in [0.4, 0.5) is 5.69 Å². The lowest BCUT2D eigenvalue weighted by atomic mass is 10.1. The molecule has 29 heavy (non-hydrogen) atoms. The number of carbonyl (C=O) groups excluding carboxylic acids is 1. The van der Waals surface area contributed by atoms with Crippen LogP contribution in [0.15, 0.2) is 40.9 Å². The molecular formula is C22H24N2O5. The smallest absolute Gasteiger partial charge is 0.255 e. The van der Waals surface area contributed by atoms with Gasteiger partial charge in [-0.05, 0) is 56.7 Å². The summed E-state index contributed by atoms with van der Waals surface area (Å²) in [6.45, 7) is 5.94. The van der Waals surface area contributed by atoms with Gasteiger partial charge in [0.1, 0.15) is 18.1 Å². The summed E-state index contributed by atoms with van der Waals surface area (Å²) in [5, 5.41) is 6.80. The van der Waals surface area contributed by atoms with Crippen molar-refractivity contribution in [1.29, 1.82) is 0 Å². The summed E-state index contributed by atoms with van der Waals surface area (Å²) < 4.78 is 21.7. The average molecular weight is 396 g/mol. The van der Waals surface area contributed by atoms with Gasteiger partial charge in [0.05, 0.1) is 31.2 Å². The maximum Gasteiger partial charge on any atom is 0.255 e. The fraction of sp³-hybridized carbons (Fsp3) is 0.273. The van der Waals surface area contributed by atoms with Gasteiger partial charge in [-0.2, -0.15) is 0 Å². The number of carbonyl (C=O) groups is 1. The Kier molecular flexibility index (Phi) is 6.07. The molecule has 0 spiro atoms. The van der Waals surface area contributed by atoms with E-state index < -0.39 is 0 Å². The lowest BCUT2D eigenvalue weighted by Crippen LogP contribution is -2.13. The van der Waals surface area contributed by atoms with Gasteiger partial charge in [0, 0.05) is 5.56 Å². The van der Waals surface area contributed by atoms with Gasteiger partial charge >= 0.3 is 0 Å². The lowest BCUT2D eigenvalue weighted by molar-refractivity contribution is 0.102. The Balaban J connectivity index is 1.77. The number of hydrogen-bond acceptors (Lipinski definition) is 6. The summed E-state index contributed by atoms with van der Waals surface area (Å²) in [6.07, 6.45) is 0. The SMILES string of the molecule is COc1ccc(C)cc1NC(=O)c1ccc(OCc2c(C)noc2C)c(OC)c1. The predicted octanol–water partition coefficient (Wildman–Crippen LogP) is 4.45. The number of ether oxygens (including phenoxy) is 3. The molecule has 0 aliphatic heterocycles. The summed E-state index contributed by atoms with van der Waals surface area (Å²) in [7, 11) is 3.10. The number of anilines is 1. The molecule has 1 heterocycles. The highest BCUT2D eigenvalue weighted by Gasteiger charge is 2.15. The van der Waals surface area contributed by atoms with Crippen molar-refractivity contribution in [1.82, 2.24) is 5.16 Å². The molecular weight excluding hydrogens is 372 g/mol. The van der Waals surface area contributed by atoms with Crippen LogP contribution in [0.2, 0.25) is 0 Å². The first-order valence-electron chi connectivity index (χ1n) is 9.11. The Morgan fingerprint density at radius 1 is 1.00 bits per heavy atom. The molecule has 0 fully saturated rings. The highest BCUT2D eigenvalue weighted by Crippen LogP contribution is 2.31. The van der Waals surface area contributed by atoms with E-state index in [1.165, 1.54) is 7.11 Å².